The van der Waals surface area contributed by atoms with Gasteiger partial charge in [0.05, 0.1) is 25.7 Å². The number of hydrogen-bond donors (Lipinski definition) is 0. The van der Waals surface area contributed by atoms with Crippen LogP contribution in [0.15, 0.2) is 18.9 Å². The lowest BCUT2D eigenvalue weighted by Crippen LogP contribution is -2.29. The van der Waals surface area contributed by atoms with E-state index in [0.29, 0.717) is 12.2 Å². The normalized spacial score (nSPS) is 10.9. The maximum atomic E-state index is 11.9. The molecule has 0 radical (unpaired) electrons. The number of imidazole rings is 1. The summed E-state index contributed by atoms with van der Waals surface area (Å²) in [4.78, 5) is 35.9. The number of carbonyl (C=O) groups is 2. The topological polar surface area (TPSA) is 96.2 Å². The Morgan fingerprint density at radius 2 is 1.86 bits per heavy atom. The third-order valence-electron chi connectivity index (χ3n) is 3.10. The van der Waals surface area contributed by atoms with E-state index in [1.807, 2.05) is 0 Å². The molecule has 8 nitrogen and oxygen atoms in total. The van der Waals surface area contributed by atoms with E-state index < -0.39 is 17.9 Å². The monoisotopic (exact) mass is 306 g/mol. The second-order valence-electron chi connectivity index (χ2n) is 4.51. The van der Waals surface area contributed by atoms with Crippen molar-refractivity contribution < 1.29 is 19.1 Å². The van der Waals surface area contributed by atoms with Crippen LogP contribution in [0.5, 0.6) is 0 Å². The van der Waals surface area contributed by atoms with Gasteiger partial charge in [-0.2, -0.15) is 0 Å². The molecule has 0 bridgehead atoms. The van der Waals surface area contributed by atoms with Gasteiger partial charge in [0.25, 0.3) is 0 Å². The third kappa shape index (κ3) is 3.57. The number of aryl methyl sites for hydroxylation is 1. The lowest BCUT2D eigenvalue weighted by Gasteiger charge is -2.14. The fourth-order valence-corrected chi connectivity index (χ4v) is 2.07. The molecule has 8 heteroatoms. The van der Waals surface area contributed by atoms with Crippen LogP contribution in [0.1, 0.15) is 20.3 Å². The summed E-state index contributed by atoms with van der Waals surface area (Å²) in [5.74, 6) is -2.08. The molecule has 2 heterocycles. The highest BCUT2D eigenvalue weighted by molar-refractivity contribution is 5.94. The number of nitrogens with zero attached hydrogens (tertiary/aromatic N) is 4. The predicted molar refractivity (Wildman–Crippen MR) is 76.7 cm³/mol. The quantitative estimate of drug-likeness (QED) is 0.555. The Hall–Kier alpha value is -2.51. The van der Waals surface area contributed by atoms with E-state index in [-0.39, 0.29) is 19.6 Å². The molecular weight excluding hydrogens is 288 g/mol. The van der Waals surface area contributed by atoms with Crippen molar-refractivity contribution in [1.29, 1.82) is 0 Å². The molecule has 2 rings (SSSR count). The van der Waals surface area contributed by atoms with Crippen molar-refractivity contribution in [3.63, 3.8) is 0 Å². The Morgan fingerprint density at radius 3 is 2.50 bits per heavy atom. The van der Waals surface area contributed by atoms with E-state index in [1.54, 1.807) is 30.9 Å². The van der Waals surface area contributed by atoms with E-state index in [2.05, 4.69) is 15.0 Å². The van der Waals surface area contributed by atoms with Crippen molar-refractivity contribution >= 4 is 23.1 Å². The first-order chi connectivity index (χ1) is 10.7. The van der Waals surface area contributed by atoms with Crippen LogP contribution < -0.4 is 0 Å². The fraction of sp³-hybridized carbons (Fsp3) is 0.500. The summed E-state index contributed by atoms with van der Waals surface area (Å²) in [5, 5.41) is 0. The summed E-state index contributed by atoms with van der Waals surface area (Å²) in [6, 6.07) is 0. The number of rotatable bonds is 7. The molecule has 0 amide bonds. The molecule has 0 N–H and O–H groups in total. The Labute approximate surface area is 127 Å². The zero-order chi connectivity index (χ0) is 15.9. The summed E-state index contributed by atoms with van der Waals surface area (Å²) in [7, 11) is 0. The van der Waals surface area contributed by atoms with Gasteiger partial charge in [-0.15, -0.1) is 0 Å². The highest BCUT2D eigenvalue weighted by Crippen LogP contribution is 2.14. The van der Waals surface area contributed by atoms with Gasteiger partial charge in [-0.05, 0) is 20.3 Å². The summed E-state index contributed by atoms with van der Waals surface area (Å²) in [6.07, 6.45) is 4.92. The van der Waals surface area contributed by atoms with E-state index in [9.17, 15) is 9.59 Å². The van der Waals surface area contributed by atoms with Gasteiger partial charge in [-0.25, -0.2) is 15.0 Å². The van der Waals surface area contributed by atoms with Gasteiger partial charge < -0.3 is 14.0 Å². The first kappa shape index (κ1) is 15.9. The zero-order valence-electron chi connectivity index (χ0n) is 12.6. The molecule has 0 aliphatic rings. The van der Waals surface area contributed by atoms with Crippen LogP contribution in [0.25, 0.3) is 11.2 Å². The second kappa shape index (κ2) is 7.48. The minimum atomic E-state index is -0.943. The number of ether oxygens (including phenoxy) is 2. The molecule has 2 aromatic rings. The number of aromatic nitrogens is 4. The highest BCUT2D eigenvalue weighted by atomic mass is 16.6. The SMILES string of the molecule is CCOC(=O)C(CCn1cnc2ncncc21)C(=O)OCC. The maximum absolute atomic E-state index is 11.9. The first-order valence-electron chi connectivity index (χ1n) is 7.11. The van der Waals surface area contributed by atoms with Gasteiger partial charge in [0.1, 0.15) is 11.8 Å². The van der Waals surface area contributed by atoms with Crippen LogP contribution >= 0.6 is 0 Å². The van der Waals surface area contributed by atoms with Crippen molar-refractivity contribution in [3.8, 4) is 0 Å². The molecular formula is C14H18N4O4. The molecule has 0 saturated heterocycles. The Morgan fingerprint density at radius 1 is 1.18 bits per heavy atom. The molecule has 0 saturated carbocycles. The Bertz CT molecular complexity index is 637. The van der Waals surface area contributed by atoms with E-state index in [0.717, 1.165) is 5.52 Å². The number of hydrogen-bond acceptors (Lipinski definition) is 7. The standard InChI is InChI=1S/C14H18N4O4/c1-3-21-13(19)10(14(20)22-4-2)5-6-18-9-17-12-11(18)7-15-8-16-12/h7-10H,3-6H2,1-2H3. The van der Waals surface area contributed by atoms with Crippen LogP contribution in [0, 0.1) is 5.92 Å². The largest absolute Gasteiger partial charge is 0.465 e. The molecule has 0 unspecified atom stereocenters. The first-order valence-corrected chi connectivity index (χ1v) is 7.11. The lowest BCUT2D eigenvalue weighted by molar-refractivity contribution is -0.162. The van der Waals surface area contributed by atoms with Crippen molar-refractivity contribution in [2.24, 2.45) is 5.92 Å². The average Bonchev–Trinajstić information content (AvgIpc) is 2.91. The fourth-order valence-electron chi connectivity index (χ4n) is 2.07. The van der Waals surface area contributed by atoms with Crippen molar-refractivity contribution in [2.45, 2.75) is 26.8 Å². The summed E-state index contributed by atoms with van der Waals surface area (Å²) < 4.78 is 11.7. The van der Waals surface area contributed by atoms with E-state index in [1.165, 1.54) is 6.33 Å². The van der Waals surface area contributed by atoms with Gasteiger partial charge in [0.2, 0.25) is 0 Å². The molecule has 22 heavy (non-hydrogen) atoms. The van der Waals surface area contributed by atoms with E-state index in [4.69, 9.17) is 9.47 Å². The van der Waals surface area contributed by atoms with Crippen molar-refractivity contribution in [2.75, 3.05) is 13.2 Å². The van der Waals surface area contributed by atoms with Crippen LogP contribution in [0.2, 0.25) is 0 Å². The van der Waals surface area contributed by atoms with Gasteiger partial charge >= 0.3 is 11.9 Å². The number of carbonyl (C=O) groups excluding carboxylic acids is 2. The van der Waals surface area contributed by atoms with Gasteiger partial charge in [0, 0.05) is 6.54 Å². The molecule has 0 fully saturated rings. The zero-order valence-corrected chi connectivity index (χ0v) is 12.6. The predicted octanol–water partition coefficient (Wildman–Crippen LogP) is 0.959. The molecule has 118 valence electrons. The van der Waals surface area contributed by atoms with Gasteiger partial charge in [0.15, 0.2) is 11.6 Å². The lowest BCUT2D eigenvalue weighted by atomic mass is 10.1. The smallest absolute Gasteiger partial charge is 0.320 e. The minimum Gasteiger partial charge on any atom is -0.465 e. The molecule has 0 aliphatic carbocycles. The molecule has 2 aromatic heterocycles. The molecule has 0 aliphatic heterocycles. The Balaban J connectivity index is 2.10. The maximum Gasteiger partial charge on any atom is 0.320 e. The van der Waals surface area contributed by atoms with Crippen LogP contribution in [0.4, 0.5) is 0 Å². The Kier molecular flexibility index (Phi) is 5.40. The van der Waals surface area contributed by atoms with Crippen LogP contribution in [-0.4, -0.2) is 44.7 Å². The number of esters is 2. The minimum absolute atomic E-state index is 0.219. The summed E-state index contributed by atoms with van der Waals surface area (Å²) in [6.45, 7) is 4.24. The summed E-state index contributed by atoms with van der Waals surface area (Å²) in [5.41, 5.74) is 1.31. The van der Waals surface area contributed by atoms with Crippen molar-refractivity contribution in [1.82, 2.24) is 19.5 Å². The third-order valence-corrected chi connectivity index (χ3v) is 3.10. The van der Waals surface area contributed by atoms with Gasteiger partial charge in [-0.3, -0.25) is 9.59 Å². The van der Waals surface area contributed by atoms with Crippen LogP contribution in [0.3, 0.4) is 0 Å². The number of fused-ring (bicyclic) bond motifs is 1. The van der Waals surface area contributed by atoms with Crippen LogP contribution in [-0.2, 0) is 25.6 Å². The van der Waals surface area contributed by atoms with Gasteiger partial charge in [-0.1, -0.05) is 0 Å². The average molecular weight is 306 g/mol. The molecule has 0 spiro atoms. The molecule has 0 aromatic carbocycles. The summed E-state index contributed by atoms with van der Waals surface area (Å²) >= 11 is 0. The highest BCUT2D eigenvalue weighted by Gasteiger charge is 2.29. The molecule has 0 atom stereocenters. The van der Waals surface area contributed by atoms with Crippen molar-refractivity contribution in [3.05, 3.63) is 18.9 Å². The van der Waals surface area contributed by atoms with E-state index >= 15 is 0 Å². The second-order valence-corrected chi connectivity index (χ2v) is 4.51.